The second kappa shape index (κ2) is 11.7. The van der Waals surface area contributed by atoms with Crippen molar-refractivity contribution in [3.05, 3.63) is 176 Å². The van der Waals surface area contributed by atoms with Gasteiger partial charge in [0.05, 0.1) is 0 Å². The topological polar surface area (TPSA) is 51.8 Å². The predicted octanol–water partition coefficient (Wildman–Crippen LogP) is 13.1. The molecule has 0 N–H and O–H groups in total. The minimum absolute atomic E-state index is 0.599. The lowest BCUT2D eigenvalue weighted by Gasteiger charge is -2.11. The fourth-order valence-corrected chi connectivity index (χ4v) is 8.02. The maximum Gasteiger partial charge on any atom is 0.164 e. The van der Waals surface area contributed by atoms with Gasteiger partial charge in [-0.2, -0.15) is 0 Å². The Morgan fingerprint density at radius 3 is 1.77 bits per heavy atom. The molecular formula is C49H29N3O. The van der Waals surface area contributed by atoms with E-state index in [9.17, 15) is 0 Å². The maximum atomic E-state index is 6.72. The molecule has 0 aliphatic carbocycles. The number of benzene rings is 9. The molecule has 53 heavy (non-hydrogen) atoms. The first-order valence-electron chi connectivity index (χ1n) is 17.9. The van der Waals surface area contributed by atoms with E-state index in [-0.39, 0.29) is 0 Å². The van der Waals surface area contributed by atoms with Crippen molar-refractivity contribution >= 4 is 65.0 Å². The SMILES string of the molecule is c1ccc(-c2nc(-c3ccc4c(ccc5ccc6ccccc6c54)c3)nc(-c3cccc4oc5c(-c6cccc7ccccc67)cccc5c34)n2)cc1. The molecule has 0 saturated heterocycles. The van der Waals surface area contributed by atoms with Gasteiger partial charge in [0.25, 0.3) is 0 Å². The van der Waals surface area contributed by atoms with Crippen molar-refractivity contribution < 1.29 is 4.42 Å². The van der Waals surface area contributed by atoms with Crippen LogP contribution in [0.2, 0.25) is 0 Å². The monoisotopic (exact) mass is 675 g/mol. The molecule has 0 aliphatic heterocycles. The van der Waals surface area contributed by atoms with Crippen molar-refractivity contribution in [2.75, 3.05) is 0 Å². The quantitative estimate of drug-likeness (QED) is 0.174. The zero-order valence-electron chi connectivity index (χ0n) is 28.5. The minimum Gasteiger partial charge on any atom is -0.455 e. The third kappa shape index (κ3) is 4.73. The number of furan rings is 1. The molecule has 11 aromatic rings. The Morgan fingerprint density at radius 2 is 0.906 bits per heavy atom. The van der Waals surface area contributed by atoms with Gasteiger partial charge in [0.2, 0.25) is 0 Å². The van der Waals surface area contributed by atoms with Gasteiger partial charge in [-0.3, -0.25) is 0 Å². The van der Waals surface area contributed by atoms with Gasteiger partial charge in [-0.05, 0) is 60.8 Å². The molecule has 246 valence electrons. The second-order valence-corrected chi connectivity index (χ2v) is 13.5. The lowest BCUT2D eigenvalue weighted by Crippen LogP contribution is -2.00. The van der Waals surface area contributed by atoms with Crippen LogP contribution in [-0.2, 0) is 0 Å². The molecule has 0 atom stereocenters. The van der Waals surface area contributed by atoms with E-state index in [1.54, 1.807) is 0 Å². The molecule has 0 unspecified atom stereocenters. The van der Waals surface area contributed by atoms with Crippen LogP contribution in [0.25, 0.3) is 110 Å². The van der Waals surface area contributed by atoms with Crippen LogP contribution in [0.15, 0.2) is 180 Å². The summed E-state index contributed by atoms with van der Waals surface area (Å²) < 4.78 is 6.72. The first-order valence-corrected chi connectivity index (χ1v) is 17.9. The van der Waals surface area contributed by atoms with Gasteiger partial charge in [-0.1, -0.05) is 164 Å². The summed E-state index contributed by atoms with van der Waals surface area (Å²) in [5.74, 6) is 1.84. The first-order chi connectivity index (χ1) is 26.3. The number of hydrogen-bond acceptors (Lipinski definition) is 4. The fourth-order valence-electron chi connectivity index (χ4n) is 8.02. The summed E-state index contributed by atoms with van der Waals surface area (Å²) in [4.78, 5) is 15.4. The highest BCUT2D eigenvalue weighted by molar-refractivity contribution is 6.20. The molecule has 11 rings (SSSR count). The summed E-state index contributed by atoms with van der Waals surface area (Å²) in [5, 5.41) is 11.7. The molecule has 0 radical (unpaired) electrons. The molecule has 0 fully saturated rings. The lowest BCUT2D eigenvalue weighted by molar-refractivity contribution is 0.670. The van der Waals surface area contributed by atoms with E-state index in [1.807, 2.05) is 42.5 Å². The minimum atomic E-state index is 0.599. The van der Waals surface area contributed by atoms with Crippen molar-refractivity contribution in [2.45, 2.75) is 0 Å². The van der Waals surface area contributed by atoms with Crippen LogP contribution >= 0.6 is 0 Å². The van der Waals surface area contributed by atoms with Crippen LogP contribution in [0.4, 0.5) is 0 Å². The third-order valence-corrected chi connectivity index (χ3v) is 10.5. The third-order valence-electron chi connectivity index (χ3n) is 10.5. The van der Waals surface area contributed by atoms with Crippen LogP contribution in [0.3, 0.4) is 0 Å². The number of hydrogen-bond donors (Lipinski definition) is 0. The van der Waals surface area contributed by atoms with Crippen LogP contribution in [0.5, 0.6) is 0 Å². The summed E-state index contributed by atoms with van der Waals surface area (Å²) >= 11 is 0. The zero-order valence-corrected chi connectivity index (χ0v) is 28.5. The van der Waals surface area contributed by atoms with E-state index >= 15 is 0 Å². The van der Waals surface area contributed by atoms with Crippen LogP contribution < -0.4 is 0 Å². The van der Waals surface area contributed by atoms with E-state index in [1.165, 1.54) is 37.7 Å². The number of fused-ring (bicyclic) bond motifs is 9. The Kier molecular flexibility index (Phi) is 6.52. The molecule has 2 heterocycles. The molecule has 4 heteroatoms. The Bertz CT molecular complexity index is 3230. The molecule has 0 saturated carbocycles. The van der Waals surface area contributed by atoms with Gasteiger partial charge in [-0.25, -0.2) is 15.0 Å². The van der Waals surface area contributed by atoms with Crippen LogP contribution in [0, 0.1) is 0 Å². The second-order valence-electron chi connectivity index (χ2n) is 13.5. The van der Waals surface area contributed by atoms with E-state index < -0.39 is 0 Å². The van der Waals surface area contributed by atoms with Gasteiger partial charge < -0.3 is 4.42 Å². The molecule has 0 amide bonds. The Labute approximate surface area is 304 Å². The average Bonchev–Trinajstić information content (AvgIpc) is 3.62. The number of para-hydroxylation sites is 1. The van der Waals surface area contributed by atoms with E-state index in [0.29, 0.717) is 17.5 Å². The smallest absolute Gasteiger partial charge is 0.164 e. The molecule has 0 spiro atoms. The summed E-state index contributed by atoms with van der Waals surface area (Å²) in [6.07, 6.45) is 0. The molecule has 0 bridgehead atoms. The molecule has 4 nitrogen and oxygen atoms in total. The van der Waals surface area contributed by atoms with Crippen molar-refractivity contribution in [1.82, 2.24) is 15.0 Å². The van der Waals surface area contributed by atoms with Gasteiger partial charge in [0.15, 0.2) is 17.5 Å². The van der Waals surface area contributed by atoms with E-state index in [4.69, 9.17) is 19.4 Å². The van der Waals surface area contributed by atoms with Crippen LogP contribution in [0.1, 0.15) is 0 Å². The Hall–Kier alpha value is -7.17. The largest absolute Gasteiger partial charge is 0.455 e. The van der Waals surface area contributed by atoms with Gasteiger partial charge in [-0.15, -0.1) is 0 Å². The number of nitrogens with zero attached hydrogens (tertiary/aromatic N) is 3. The highest BCUT2D eigenvalue weighted by Gasteiger charge is 2.20. The van der Waals surface area contributed by atoms with Crippen molar-refractivity contribution in [3.63, 3.8) is 0 Å². The lowest BCUT2D eigenvalue weighted by atomic mass is 9.95. The summed E-state index contributed by atoms with van der Waals surface area (Å²) in [6, 6.07) is 61.6. The molecule has 0 aliphatic rings. The molecule has 9 aromatic carbocycles. The van der Waals surface area contributed by atoms with Crippen molar-refractivity contribution in [3.8, 4) is 45.3 Å². The molecular weight excluding hydrogens is 647 g/mol. The maximum absolute atomic E-state index is 6.72. The predicted molar refractivity (Wildman–Crippen MR) is 219 cm³/mol. The van der Waals surface area contributed by atoms with Gasteiger partial charge in [0, 0.05) is 33.0 Å². The summed E-state index contributed by atoms with van der Waals surface area (Å²) in [6.45, 7) is 0. The zero-order chi connectivity index (χ0) is 34.9. The van der Waals surface area contributed by atoms with Crippen molar-refractivity contribution in [1.29, 1.82) is 0 Å². The van der Waals surface area contributed by atoms with E-state index in [0.717, 1.165) is 55.1 Å². The summed E-state index contributed by atoms with van der Waals surface area (Å²) in [5.41, 5.74) is 6.59. The van der Waals surface area contributed by atoms with E-state index in [2.05, 4.69) is 133 Å². The fraction of sp³-hybridized carbons (Fsp3) is 0. The highest BCUT2D eigenvalue weighted by atomic mass is 16.3. The average molecular weight is 676 g/mol. The summed E-state index contributed by atoms with van der Waals surface area (Å²) in [7, 11) is 0. The standard InChI is InChI=1S/C49H29N3O/c1-2-13-33(14-3-1)47-50-48(35-27-28-38-34(29-35)26-25-32-24-23-31-12-5-7-17-37(31)44(32)38)52-49(51-47)42-21-10-22-43-45(42)41-20-9-19-40(46(41)53-43)39-18-8-15-30-11-4-6-16-36(30)39/h1-29H. The van der Waals surface area contributed by atoms with Crippen LogP contribution in [-0.4, -0.2) is 15.0 Å². The molecule has 2 aromatic heterocycles. The first kappa shape index (κ1) is 29.5. The van der Waals surface area contributed by atoms with Gasteiger partial charge >= 0.3 is 0 Å². The normalized spacial score (nSPS) is 11.8. The highest BCUT2D eigenvalue weighted by Crippen LogP contribution is 2.42. The number of aromatic nitrogens is 3. The Morgan fingerprint density at radius 1 is 0.321 bits per heavy atom. The van der Waals surface area contributed by atoms with Gasteiger partial charge in [0.1, 0.15) is 11.2 Å². The number of rotatable bonds is 4. The van der Waals surface area contributed by atoms with Crippen molar-refractivity contribution in [2.24, 2.45) is 0 Å². The Balaban J connectivity index is 1.13.